The van der Waals surface area contributed by atoms with Crippen LogP contribution in [0.3, 0.4) is 0 Å². The summed E-state index contributed by atoms with van der Waals surface area (Å²) in [5.41, 5.74) is 2.68. The van der Waals surface area contributed by atoms with Crippen LogP contribution in [0.15, 0.2) is 73.2 Å². The van der Waals surface area contributed by atoms with Gasteiger partial charge in [-0.2, -0.15) is 0 Å². The van der Waals surface area contributed by atoms with Crippen molar-refractivity contribution in [2.45, 2.75) is 19.5 Å². The van der Waals surface area contributed by atoms with Crippen LogP contribution < -0.4 is 16.0 Å². The maximum absolute atomic E-state index is 13.6. The third kappa shape index (κ3) is 5.64. The highest BCUT2D eigenvalue weighted by atomic mass is 32.1. The third-order valence-corrected chi connectivity index (χ3v) is 7.43. The minimum absolute atomic E-state index is 0.282. The number of fused-ring (bicyclic) bond motifs is 1. The summed E-state index contributed by atoms with van der Waals surface area (Å²) >= 11 is 1.56. The fourth-order valence-corrected chi connectivity index (χ4v) is 5.12. The van der Waals surface area contributed by atoms with Crippen molar-refractivity contribution in [1.29, 1.82) is 0 Å². The zero-order chi connectivity index (χ0) is 28.2. The highest BCUT2D eigenvalue weighted by Gasteiger charge is 2.17. The summed E-state index contributed by atoms with van der Waals surface area (Å²) < 4.78 is 26.9. The van der Waals surface area contributed by atoms with E-state index in [9.17, 15) is 18.4 Å². The number of thiophene rings is 1. The lowest BCUT2D eigenvalue weighted by Gasteiger charge is -2.16. The van der Waals surface area contributed by atoms with Gasteiger partial charge in [-0.3, -0.25) is 9.59 Å². The molecule has 1 atom stereocenters. The Labute approximate surface area is 232 Å². The number of carbonyl (C=O) groups excluding carboxylic acids is 2. The molecular formula is C29H24F2N6O2S. The van der Waals surface area contributed by atoms with Gasteiger partial charge in [0.25, 0.3) is 11.8 Å². The molecule has 1 unspecified atom stereocenters. The van der Waals surface area contributed by atoms with Crippen LogP contribution in [0.2, 0.25) is 0 Å². The van der Waals surface area contributed by atoms with Crippen molar-refractivity contribution in [1.82, 2.24) is 25.6 Å². The molecule has 0 radical (unpaired) electrons. The number of nitrogens with one attached hydrogen (secondary N) is 3. The average molecular weight is 559 g/mol. The van der Waals surface area contributed by atoms with Crippen LogP contribution in [0.25, 0.3) is 21.3 Å². The number of carbonyl (C=O) groups is 2. The number of amides is 2. The minimum atomic E-state index is -0.971. The molecule has 3 N–H and O–H groups in total. The Kier molecular flexibility index (Phi) is 7.74. The second kappa shape index (κ2) is 11.5. The normalized spacial score (nSPS) is 11.7. The predicted molar refractivity (Wildman–Crippen MR) is 150 cm³/mol. The summed E-state index contributed by atoms with van der Waals surface area (Å²) in [4.78, 5) is 40.0. The summed E-state index contributed by atoms with van der Waals surface area (Å²) in [6.07, 6.45) is 2.95. The van der Waals surface area contributed by atoms with Crippen molar-refractivity contribution < 1.29 is 18.4 Å². The number of hydrogen-bond donors (Lipinski definition) is 3. The molecule has 2 amide bonds. The molecule has 0 aliphatic carbocycles. The van der Waals surface area contributed by atoms with Gasteiger partial charge < -0.3 is 16.0 Å². The quantitative estimate of drug-likeness (QED) is 0.232. The van der Waals surface area contributed by atoms with Gasteiger partial charge in [-0.05, 0) is 66.6 Å². The summed E-state index contributed by atoms with van der Waals surface area (Å²) in [6.45, 7) is 2.11. The summed E-state index contributed by atoms with van der Waals surface area (Å²) in [6, 6.07) is 16.0. The van der Waals surface area contributed by atoms with E-state index in [2.05, 4.69) is 30.9 Å². The number of aromatic nitrogens is 3. The van der Waals surface area contributed by atoms with Gasteiger partial charge in [0, 0.05) is 28.4 Å². The highest BCUT2D eigenvalue weighted by Crippen LogP contribution is 2.31. The SMILES string of the molecule is CNC(=O)c1ncnc2ccc(-c3ccc(CNc4ncccc4C(=O)NC(C)c4ccc(F)c(F)c4)s3)cc12. The second-order valence-electron chi connectivity index (χ2n) is 8.92. The van der Waals surface area contributed by atoms with E-state index < -0.39 is 23.6 Å². The van der Waals surface area contributed by atoms with Gasteiger partial charge in [0.05, 0.1) is 23.7 Å². The van der Waals surface area contributed by atoms with Crippen molar-refractivity contribution in [3.8, 4) is 10.4 Å². The van der Waals surface area contributed by atoms with Crippen molar-refractivity contribution in [2.75, 3.05) is 12.4 Å². The Morgan fingerprint density at radius 3 is 2.60 bits per heavy atom. The molecule has 5 rings (SSSR count). The molecule has 0 saturated carbocycles. The Morgan fingerprint density at radius 1 is 0.950 bits per heavy atom. The number of anilines is 1. The molecule has 0 fully saturated rings. The fraction of sp³-hybridized carbons (Fsp3) is 0.138. The van der Waals surface area contributed by atoms with Crippen LogP contribution >= 0.6 is 11.3 Å². The van der Waals surface area contributed by atoms with E-state index in [1.807, 2.05) is 30.3 Å². The predicted octanol–water partition coefficient (Wildman–Crippen LogP) is 5.49. The molecule has 5 aromatic rings. The van der Waals surface area contributed by atoms with Crippen LogP contribution in [-0.4, -0.2) is 33.8 Å². The monoisotopic (exact) mass is 558 g/mol. The first kappa shape index (κ1) is 26.8. The maximum atomic E-state index is 13.6. The first-order chi connectivity index (χ1) is 19.3. The molecular weight excluding hydrogens is 534 g/mol. The molecule has 3 heterocycles. The number of halogens is 2. The number of nitrogens with zero attached hydrogens (tertiary/aromatic N) is 3. The smallest absolute Gasteiger partial charge is 0.270 e. The van der Waals surface area contributed by atoms with E-state index in [4.69, 9.17) is 0 Å². The number of hydrogen-bond acceptors (Lipinski definition) is 7. The van der Waals surface area contributed by atoms with E-state index >= 15 is 0 Å². The van der Waals surface area contributed by atoms with Gasteiger partial charge in [-0.15, -0.1) is 11.3 Å². The van der Waals surface area contributed by atoms with Gasteiger partial charge in [-0.25, -0.2) is 23.7 Å². The van der Waals surface area contributed by atoms with E-state index in [0.29, 0.717) is 40.1 Å². The largest absolute Gasteiger partial charge is 0.365 e. The van der Waals surface area contributed by atoms with Crippen molar-refractivity contribution in [3.05, 3.63) is 107 Å². The highest BCUT2D eigenvalue weighted by molar-refractivity contribution is 7.15. The van der Waals surface area contributed by atoms with Crippen molar-refractivity contribution >= 4 is 39.9 Å². The topological polar surface area (TPSA) is 109 Å². The van der Waals surface area contributed by atoms with E-state index in [0.717, 1.165) is 27.5 Å². The lowest BCUT2D eigenvalue weighted by atomic mass is 10.1. The molecule has 0 spiro atoms. The van der Waals surface area contributed by atoms with Crippen LogP contribution in [0, 0.1) is 11.6 Å². The Balaban J connectivity index is 1.30. The lowest BCUT2D eigenvalue weighted by Crippen LogP contribution is -2.27. The Morgan fingerprint density at radius 2 is 1.80 bits per heavy atom. The van der Waals surface area contributed by atoms with Gasteiger partial charge in [-0.1, -0.05) is 12.1 Å². The van der Waals surface area contributed by atoms with Crippen LogP contribution in [-0.2, 0) is 6.54 Å². The third-order valence-electron chi connectivity index (χ3n) is 6.30. The van der Waals surface area contributed by atoms with E-state index in [1.165, 1.54) is 12.4 Å². The number of benzene rings is 2. The molecule has 2 aromatic carbocycles. The molecule has 8 nitrogen and oxygen atoms in total. The first-order valence-corrected chi connectivity index (χ1v) is 13.2. The fourth-order valence-electron chi connectivity index (χ4n) is 4.18. The lowest BCUT2D eigenvalue weighted by molar-refractivity contribution is 0.0937. The maximum Gasteiger partial charge on any atom is 0.270 e. The molecule has 11 heteroatoms. The standard InChI is InChI=1S/C29H24F2N6O2S/c1-16(17-5-8-22(30)23(31)13-17)37-28(38)20-4-3-11-33-27(20)34-14-19-7-10-25(40-19)18-6-9-24-21(12-18)26(29(39)32-2)36-15-35-24/h3-13,15-16H,14H2,1-2H3,(H,32,39)(H,33,34)(H,37,38). The van der Waals surface area contributed by atoms with E-state index in [-0.39, 0.29) is 5.91 Å². The van der Waals surface area contributed by atoms with E-state index in [1.54, 1.807) is 43.6 Å². The minimum Gasteiger partial charge on any atom is -0.365 e. The number of rotatable bonds is 8. The Bertz CT molecular complexity index is 1720. The molecule has 40 heavy (non-hydrogen) atoms. The number of pyridine rings is 1. The van der Waals surface area contributed by atoms with Crippen LogP contribution in [0.1, 0.15) is 44.3 Å². The molecule has 3 aromatic heterocycles. The van der Waals surface area contributed by atoms with Gasteiger partial charge in [0.2, 0.25) is 0 Å². The van der Waals surface area contributed by atoms with Gasteiger partial charge >= 0.3 is 0 Å². The first-order valence-electron chi connectivity index (χ1n) is 12.3. The van der Waals surface area contributed by atoms with Crippen LogP contribution in [0.4, 0.5) is 14.6 Å². The molecule has 0 aliphatic rings. The zero-order valence-corrected chi connectivity index (χ0v) is 22.4. The molecule has 0 aliphatic heterocycles. The van der Waals surface area contributed by atoms with Gasteiger partial charge in [0.15, 0.2) is 11.6 Å². The zero-order valence-electron chi connectivity index (χ0n) is 21.5. The summed E-state index contributed by atoms with van der Waals surface area (Å²) in [7, 11) is 1.56. The molecule has 202 valence electrons. The summed E-state index contributed by atoms with van der Waals surface area (Å²) in [5.74, 6) is -2.20. The average Bonchev–Trinajstić information content (AvgIpc) is 3.45. The van der Waals surface area contributed by atoms with Crippen molar-refractivity contribution in [2.24, 2.45) is 0 Å². The molecule has 0 saturated heterocycles. The summed E-state index contributed by atoms with van der Waals surface area (Å²) in [5, 5.41) is 9.30. The van der Waals surface area contributed by atoms with Crippen LogP contribution in [0.5, 0.6) is 0 Å². The second-order valence-corrected chi connectivity index (χ2v) is 10.1. The Hall–Kier alpha value is -4.77. The van der Waals surface area contributed by atoms with Gasteiger partial charge in [0.1, 0.15) is 17.8 Å². The molecule has 0 bridgehead atoms. The van der Waals surface area contributed by atoms with Crippen molar-refractivity contribution in [3.63, 3.8) is 0 Å².